The van der Waals surface area contributed by atoms with E-state index in [9.17, 15) is 9.90 Å². The zero-order valence-electron chi connectivity index (χ0n) is 16.3. The van der Waals surface area contributed by atoms with Gasteiger partial charge in [-0.25, -0.2) is 4.79 Å². The third-order valence-corrected chi connectivity index (χ3v) is 6.01. The van der Waals surface area contributed by atoms with Crippen LogP contribution in [0, 0.1) is 6.92 Å². The van der Waals surface area contributed by atoms with Gasteiger partial charge in [0.1, 0.15) is 0 Å². The van der Waals surface area contributed by atoms with E-state index in [1.807, 2.05) is 37.4 Å². The molecule has 0 bridgehead atoms. The van der Waals surface area contributed by atoms with Crippen LogP contribution in [0.4, 0.5) is 10.5 Å². The molecule has 8 nitrogen and oxygen atoms in total. The number of carbonyl (C=O) groups is 1. The van der Waals surface area contributed by atoms with E-state index in [2.05, 4.69) is 25.3 Å². The largest absolute Gasteiger partial charge is 0.465 e. The SMILES string of the molecule is Cc1ccc2[nH]ncc2c1-c1cc2nncc(N3CCN(C(=O)O)CC3)c2cc1Cl. The molecular weight excluding hydrogens is 404 g/mol. The fourth-order valence-electron chi connectivity index (χ4n) is 4.13. The predicted molar refractivity (Wildman–Crippen MR) is 116 cm³/mol. The van der Waals surface area contributed by atoms with Crippen LogP contribution in [0.5, 0.6) is 0 Å². The summed E-state index contributed by atoms with van der Waals surface area (Å²) in [6.45, 7) is 4.14. The molecule has 2 aromatic heterocycles. The van der Waals surface area contributed by atoms with Crippen molar-refractivity contribution >= 4 is 45.2 Å². The second-order valence-corrected chi connectivity index (χ2v) is 7.83. The minimum atomic E-state index is -0.885. The third-order valence-electron chi connectivity index (χ3n) is 5.70. The average molecular weight is 423 g/mol. The summed E-state index contributed by atoms with van der Waals surface area (Å²) in [7, 11) is 0. The Morgan fingerprint density at radius 3 is 2.70 bits per heavy atom. The predicted octanol–water partition coefficient (Wildman–Crippen LogP) is 3.93. The van der Waals surface area contributed by atoms with E-state index in [1.165, 1.54) is 4.90 Å². The van der Waals surface area contributed by atoms with Crippen molar-refractivity contribution in [1.82, 2.24) is 25.3 Å². The molecular formula is C21H19ClN6O2. The van der Waals surface area contributed by atoms with Crippen LogP contribution in [-0.4, -0.2) is 62.7 Å². The summed E-state index contributed by atoms with van der Waals surface area (Å²) in [6.07, 6.45) is 2.64. The summed E-state index contributed by atoms with van der Waals surface area (Å²) >= 11 is 6.77. The number of rotatable bonds is 2. The smallest absolute Gasteiger partial charge is 0.407 e. The number of halogens is 1. The van der Waals surface area contributed by atoms with Crippen molar-refractivity contribution < 1.29 is 9.90 Å². The molecule has 4 aromatic rings. The van der Waals surface area contributed by atoms with E-state index in [0.29, 0.717) is 31.2 Å². The molecule has 9 heteroatoms. The second-order valence-electron chi connectivity index (χ2n) is 7.42. The molecule has 0 radical (unpaired) electrons. The van der Waals surface area contributed by atoms with Crippen LogP contribution < -0.4 is 4.90 Å². The van der Waals surface area contributed by atoms with Crippen molar-refractivity contribution in [2.24, 2.45) is 0 Å². The number of nitrogens with zero attached hydrogens (tertiary/aromatic N) is 5. The number of H-pyrrole nitrogens is 1. The number of aryl methyl sites for hydroxylation is 1. The Labute approximate surface area is 177 Å². The lowest BCUT2D eigenvalue weighted by Gasteiger charge is -2.34. The van der Waals surface area contributed by atoms with Gasteiger partial charge in [0.2, 0.25) is 0 Å². The number of hydrogen-bond acceptors (Lipinski definition) is 5. The zero-order chi connectivity index (χ0) is 20.8. The van der Waals surface area contributed by atoms with Gasteiger partial charge in [0, 0.05) is 47.5 Å². The first-order valence-corrected chi connectivity index (χ1v) is 10.0. The zero-order valence-corrected chi connectivity index (χ0v) is 17.0. The standard InChI is InChI=1S/C21H19ClN6O2/c1-12-2-3-17-15(10-23-25-17)20(12)13-9-18-14(8-16(13)22)19(11-24-26-18)27-4-6-28(7-5-27)21(29)30/h2-3,8-11H,4-7H2,1H3,(H,23,25)(H,29,30). The van der Waals surface area contributed by atoms with E-state index in [4.69, 9.17) is 11.6 Å². The highest BCUT2D eigenvalue weighted by Crippen LogP contribution is 2.39. The maximum Gasteiger partial charge on any atom is 0.407 e. The highest BCUT2D eigenvalue weighted by atomic mass is 35.5. The van der Waals surface area contributed by atoms with Gasteiger partial charge in [-0.2, -0.15) is 15.3 Å². The average Bonchev–Trinajstić information content (AvgIpc) is 3.22. The Morgan fingerprint density at radius 1 is 1.13 bits per heavy atom. The van der Waals surface area contributed by atoms with E-state index in [0.717, 1.165) is 44.2 Å². The summed E-state index contributed by atoms with van der Waals surface area (Å²) in [4.78, 5) is 14.7. The van der Waals surface area contributed by atoms with Gasteiger partial charge in [-0.1, -0.05) is 17.7 Å². The summed E-state index contributed by atoms with van der Waals surface area (Å²) in [5, 5.41) is 27.4. The fraction of sp³-hybridized carbons (Fsp3) is 0.238. The fourth-order valence-corrected chi connectivity index (χ4v) is 4.39. The van der Waals surface area contributed by atoms with Gasteiger partial charge in [0.05, 0.1) is 29.1 Å². The number of benzene rings is 2. The summed E-state index contributed by atoms with van der Waals surface area (Å²) in [5.41, 5.74) is 5.61. The molecule has 1 saturated heterocycles. The first kappa shape index (κ1) is 18.6. The summed E-state index contributed by atoms with van der Waals surface area (Å²) in [6, 6.07) is 7.94. The normalized spacial score (nSPS) is 14.6. The van der Waals surface area contributed by atoms with Crippen LogP contribution in [0.1, 0.15) is 5.56 Å². The van der Waals surface area contributed by atoms with Crippen LogP contribution >= 0.6 is 11.6 Å². The Kier molecular flexibility index (Phi) is 4.43. The quantitative estimate of drug-likeness (QED) is 0.507. The summed E-state index contributed by atoms with van der Waals surface area (Å²) in [5.74, 6) is 0. The van der Waals surface area contributed by atoms with Crippen LogP contribution in [0.15, 0.2) is 36.7 Å². The molecule has 1 aliphatic heterocycles. The molecule has 0 aliphatic carbocycles. The molecule has 3 heterocycles. The van der Waals surface area contributed by atoms with Gasteiger partial charge in [-0.05, 0) is 36.2 Å². The minimum absolute atomic E-state index is 0.451. The molecule has 152 valence electrons. The maximum absolute atomic E-state index is 11.2. The van der Waals surface area contributed by atoms with Crippen LogP contribution in [0.2, 0.25) is 5.02 Å². The van der Waals surface area contributed by atoms with Crippen LogP contribution in [0.3, 0.4) is 0 Å². The summed E-state index contributed by atoms with van der Waals surface area (Å²) < 4.78 is 0. The third kappa shape index (κ3) is 3.00. The number of amides is 1. The number of fused-ring (bicyclic) bond motifs is 2. The molecule has 1 amide bonds. The molecule has 2 aromatic carbocycles. The van der Waals surface area contributed by atoms with Gasteiger partial charge < -0.3 is 14.9 Å². The number of aromatic nitrogens is 4. The lowest BCUT2D eigenvalue weighted by molar-refractivity contribution is 0.142. The highest BCUT2D eigenvalue weighted by Gasteiger charge is 2.23. The van der Waals surface area contributed by atoms with Gasteiger partial charge >= 0.3 is 6.09 Å². The Morgan fingerprint density at radius 2 is 1.93 bits per heavy atom. The Balaban J connectivity index is 1.60. The highest BCUT2D eigenvalue weighted by molar-refractivity contribution is 6.35. The van der Waals surface area contributed by atoms with Gasteiger partial charge in [-0.3, -0.25) is 5.10 Å². The van der Waals surface area contributed by atoms with E-state index in [1.54, 1.807) is 6.20 Å². The number of hydrogen-bond donors (Lipinski definition) is 2. The molecule has 0 unspecified atom stereocenters. The molecule has 0 saturated carbocycles. The molecule has 2 N–H and O–H groups in total. The van der Waals surface area contributed by atoms with E-state index in [-0.39, 0.29) is 0 Å². The van der Waals surface area contributed by atoms with Crippen molar-refractivity contribution in [2.45, 2.75) is 6.92 Å². The van der Waals surface area contributed by atoms with Crippen molar-refractivity contribution in [2.75, 3.05) is 31.1 Å². The number of piperazine rings is 1. The Hall–Kier alpha value is -3.39. The van der Waals surface area contributed by atoms with Crippen molar-refractivity contribution in [1.29, 1.82) is 0 Å². The molecule has 30 heavy (non-hydrogen) atoms. The van der Waals surface area contributed by atoms with Crippen molar-refractivity contribution in [3.8, 4) is 11.1 Å². The lowest BCUT2D eigenvalue weighted by Crippen LogP contribution is -2.48. The van der Waals surface area contributed by atoms with Crippen LogP contribution in [0.25, 0.3) is 32.9 Å². The minimum Gasteiger partial charge on any atom is -0.465 e. The molecule has 1 aliphatic rings. The monoisotopic (exact) mass is 422 g/mol. The number of carboxylic acid groups (broad SMARTS) is 1. The number of anilines is 1. The number of aromatic amines is 1. The number of nitrogens with one attached hydrogen (secondary N) is 1. The lowest BCUT2D eigenvalue weighted by atomic mass is 9.95. The topological polar surface area (TPSA) is 98.2 Å². The van der Waals surface area contributed by atoms with Crippen molar-refractivity contribution in [3.63, 3.8) is 0 Å². The van der Waals surface area contributed by atoms with Gasteiger partial charge in [0.25, 0.3) is 0 Å². The molecule has 0 spiro atoms. The van der Waals surface area contributed by atoms with Crippen LogP contribution in [-0.2, 0) is 0 Å². The molecule has 0 atom stereocenters. The second kappa shape index (κ2) is 7.14. The Bertz CT molecular complexity index is 1280. The first-order valence-electron chi connectivity index (χ1n) is 9.64. The van der Waals surface area contributed by atoms with Gasteiger partial charge in [0.15, 0.2) is 0 Å². The first-order chi connectivity index (χ1) is 14.5. The van der Waals surface area contributed by atoms with Gasteiger partial charge in [-0.15, -0.1) is 0 Å². The van der Waals surface area contributed by atoms with Crippen molar-refractivity contribution in [3.05, 3.63) is 47.2 Å². The maximum atomic E-state index is 11.2. The van der Waals surface area contributed by atoms with E-state index >= 15 is 0 Å². The van der Waals surface area contributed by atoms with E-state index < -0.39 is 6.09 Å². The molecule has 5 rings (SSSR count). The molecule has 1 fully saturated rings.